The zero-order valence-electron chi connectivity index (χ0n) is 11.0. The molecule has 1 aliphatic heterocycles. The molecule has 0 aromatic rings. The Kier molecular flexibility index (Phi) is 5.92. The highest BCUT2D eigenvalue weighted by atomic mass is 16.5. The van der Waals surface area contributed by atoms with Gasteiger partial charge < -0.3 is 15.2 Å². The molecule has 2 atom stereocenters. The van der Waals surface area contributed by atoms with Gasteiger partial charge >= 0.3 is 0 Å². The maximum atomic E-state index is 11.7. The lowest BCUT2D eigenvalue weighted by Gasteiger charge is -2.28. The Morgan fingerprint density at radius 2 is 2.29 bits per heavy atom. The summed E-state index contributed by atoms with van der Waals surface area (Å²) in [6, 6.07) is 0. The van der Waals surface area contributed by atoms with Crippen LogP contribution in [0.3, 0.4) is 0 Å². The Labute approximate surface area is 104 Å². The SMILES string of the molecule is CCC(C)(CO)NC(=O)CCC1CCCCO1. The highest BCUT2D eigenvalue weighted by Gasteiger charge is 2.23. The summed E-state index contributed by atoms with van der Waals surface area (Å²) in [4.78, 5) is 11.7. The Bertz CT molecular complexity index is 233. The van der Waals surface area contributed by atoms with Crippen molar-refractivity contribution in [1.82, 2.24) is 5.32 Å². The number of amides is 1. The number of aliphatic hydroxyl groups is 1. The van der Waals surface area contributed by atoms with Crippen LogP contribution in [0.15, 0.2) is 0 Å². The fraction of sp³-hybridized carbons (Fsp3) is 0.923. The lowest BCUT2D eigenvalue weighted by Crippen LogP contribution is -2.48. The van der Waals surface area contributed by atoms with E-state index >= 15 is 0 Å². The molecule has 100 valence electrons. The number of hydrogen-bond donors (Lipinski definition) is 2. The standard InChI is InChI=1S/C13H25NO3/c1-3-13(2,10-15)14-12(16)8-7-11-6-4-5-9-17-11/h11,15H,3-10H2,1-2H3,(H,14,16). The molecule has 2 unspecified atom stereocenters. The molecule has 0 radical (unpaired) electrons. The minimum Gasteiger partial charge on any atom is -0.394 e. The van der Waals surface area contributed by atoms with Gasteiger partial charge in [0.15, 0.2) is 0 Å². The van der Waals surface area contributed by atoms with Gasteiger partial charge in [0.25, 0.3) is 0 Å². The van der Waals surface area contributed by atoms with Gasteiger partial charge in [0, 0.05) is 13.0 Å². The summed E-state index contributed by atoms with van der Waals surface area (Å²) >= 11 is 0. The molecule has 0 spiro atoms. The van der Waals surface area contributed by atoms with Crippen molar-refractivity contribution in [1.29, 1.82) is 0 Å². The third kappa shape index (κ3) is 5.04. The molecule has 2 N–H and O–H groups in total. The van der Waals surface area contributed by atoms with Crippen LogP contribution < -0.4 is 5.32 Å². The summed E-state index contributed by atoms with van der Waals surface area (Å²) < 4.78 is 5.58. The van der Waals surface area contributed by atoms with E-state index in [0.29, 0.717) is 6.42 Å². The van der Waals surface area contributed by atoms with E-state index in [9.17, 15) is 9.90 Å². The van der Waals surface area contributed by atoms with E-state index < -0.39 is 5.54 Å². The van der Waals surface area contributed by atoms with Crippen molar-refractivity contribution in [2.24, 2.45) is 0 Å². The Hall–Kier alpha value is -0.610. The van der Waals surface area contributed by atoms with E-state index in [-0.39, 0.29) is 18.6 Å². The van der Waals surface area contributed by atoms with E-state index in [4.69, 9.17) is 4.74 Å². The summed E-state index contributed by atoms with van der Waals surface area (Å²) in [5.74, 6) is 0.0116. The normalized spacial score (nSPS) is 24.1. The average Bonchev–Trinajstić information content (AvgIpc) is 2.37. The molecule has 1 rings (SSSR count). The number of rotatable bonds is 6. The van der Waals surface area contributed by atoms with Crippen molar-refractivity contribution >= 4 is 5.91 Å². The average molecular weight is 243 g/mol. The molecular formula is C13H25NO3. The third-order valence-corrected chi connectivity index (χ3v) is 3.54. The molecule has 4 nitrogen and oxygen atoms in total. The molecule has 0 saturated carbocycles. The molecule has 1 aliphatic rings. The van der Waals surface area contributed by atoms with Crippen LogP contribution in [-0.2, 0) is 9.53 Å². The van der Waals surface area contributed by atoms with Gasteiger partial charge in [0.1, 0.15) is 0 Å². The van der Waals surface area contributed by atoms with E-state index in [1.807, 2.05) is 13.8 Å². The summed E-state index contributed by atoms with van der Waals surface area (Å²) in [6.07, 6.45) is 5.66. The quantitative estimate of drug-likeness (QED) is 0.745. The number of carbonyl (C=O) groups excluding carboxylic acids is 1. The molecule has 0 aliphatic carbocycles. The minimum absolute atomic E-state index is 0.0116. The molecule has 0 aromatic carbocycles. The van der Waals surface area contributed by atoms with Gasteiger partial charge in [0.05, 0.1) is 18.2 Å². The molecule has 1 heterocycles. The first-order chi connectivity index (χ1) is 8.09. The van der Waals surface area contributed by atoms with Gasteiger partial charge in [-0.15, -0.1) is 0 Å². The van der Waals surface area contributed by atoms with Crippen LogP contribution in [0.25, 0.3) is 0 Å². The predicted molar refractivity (Wildman–Crippen MR) is 66.7 cm³/mol. The highest BCUT2D eigenvalue weighted by Crippen LogP contribution is 2.17. The first-order valence-corrected chi connectivity index (χ1v) is 6.63. The third-order valence-electron chi connectivity index (χ3n) is 3.54. The monoisotopic (exact) mass is 243 g/mol. The van der Waals surface area contributed by atoms with Crippen LogP contribution in [-0.4, -0.2) is 35.9 Å². The van der Waals surface area contributed by atoms with E-state index in [1.165, 1.54) is 6.42 Å². The van der Waals surface area contributed by atoms with Crippen molar-refractivity contribution in [2.45, 2.75) is 64.0 Å². The Balaban J connectivity index is 2.24. The summed E-state index contributed by atoms with van der Waals surface area (Å²) in [7, 11) is 0. The molecular weight excluding hydrogens is 218 g/mol. The van der Waals surface area contributed by atoms with Crippen molar-refractivity contribution in [3.05, 3.63) is 0 Å². The van der Waals surface area contributed by atoms with Crippen LogP contribution in [0.1, 0.15) is 52.4 Å². The van der Waals surface area contributed by atoms with E-state index in [1.54, 1.807) is 0 Å². The fourth-order valence-electron chi connectivity index (χ4n) is 1.97. The Morgan fingerprint density at radius 1 is 1.53 bits per heavy atom. The van der Waals surface area contributed by atoms with Crippen LogP contribution in [0.5, 0.6) is 0 Å². The lowest BCUT2D eigenvalue weighted by atomic mass is 9.99. The van der Waals surface area contributed by atoms with Gasteiger partial charge in [-0.1, -0.05) is 6.92 Å². The zero-order valence-corrected chi connectivity index (χ0v) is 11.0. The highest BCUT2D eigenvalue weighted by molar-refractivity contribution is 5.76. The molecule has 17 heavy (non-hydrogen) atoms. The first-order valence-electron chi connectivity index (χ1n) is 6.63. The summed E-state index contributed by atoms with van der Waals surface area (Å²) in [5.41, 5.74) is -0.482. The van der Waals surface area contributed by atoms with Crippen LogP contribution in [0, 0.1) is 0 Å². The van der Waals surface area contributed by atoms with Gasteiger partial charge in [-0.05, 0) is 39.0 Å². The van der Waals surface area contributed by atoms with Crippen molar-refractivity contribution in [2.75, 3.05) is 13.2 Å². The first kappa shape index (κ1) is 14.5. The fourth-order valence-corrected chi connectivity index (χ4v) is 1.97. The molecule has 4 heteroatoms. The molecule has 0 bridgehead atoms. The van der Waals surface area contributed by atoms with Crippen LogP contribution >= 0.6 is 0 Å². The lowest BCUT2D eigenvalue weighted by molar-refractivity contribution is -0.124. The van der Waals surface area contributed by atoms with Crippen molar-refractivity contribution in [3.63, 3.8) is 0 Å². The van der Waals surface area contributed by atoms with E-state index in [2.05, 4.69) is 5.32 Å². The second-order valence-corrected chi connectivity index (χ2v) is 5.15. The molecule has 1 fully saturated rings. The van der Waals surface area contributed by atoms with Gasteiger partial charge in [-0.25, -0.2) is 0 Å². The zero-order chi connectivity index (χ0) is 12.7. The molecule has 0 aromatic heterocycles. The summed E-state index contributed by atoms with van der Waals surface area (Å²) in [5, 5.41) is 12.1. The van der Waals surface area contributed by atoms with Crippen LogP contribution in [0.2, 0.25) is 0 Å². The number of nitrogens with one attached hydrogen (secondary N) is 1. The van der Waals surface area contributed by atoms with Crippen LogP contribution in [0.4, 0.5) is 0 Å². The minimum atomic E-state index is -0.482. The van der Waals surface area contributed by atoms with Crippen molar-refractivity contribution in [3.8, 4) is 0 Å². The topological polar surface area (TPSA) is 58.6 Å². The number of aliphatic hydroxyl groups excluding tert-OH is 1. The second-order valence-electron chi connectivity index (χ2n) is 5.15. The summed E-state index contributed by atoms with van der Waals surface area (Å²) in [6.45, 7) is 4.63. The number of ether oxygens (including phenoxy) is 1. The second kappa shape index (κ2) is 6.97. The van der Waals surface area contributed by atoms with Gasteiger partial charge in [0.2, 0.25) is 5.91 Å². The molecule has 1 saturated heterocycles. The maximum absolute atomic E-state index is 11.7. The maximum Gasteiger partial charge on any atom is 0.220 e. The smallest absolute Gasteiger partial charge is 0.220 e. The van der Waals surface area contributed by atoms with Gasteiger partial charge in [-0.3, -0.25) is 4.79 Å². The molecule has 1 amide bonds. The van der Waals surface area contributed by atoms with E-state index in [0.717, 1.165) is 32.3 Å². The van der Waals surface area contributed by atoms with Crippen molar-refractivity contribution < 1.29 is 14.6 Å². The number of carbonyl (C=O) groups is 1. The predicted octanol–water partition coefficient (Wildman–Crippen LogP) is 1.61. The Morgan fingerprint density at radius 3 is 2.82 bits per heavy atom. The number of hydrogen-bond acceptors (Lipinski definition) is 3. The largest absolute Gasteiger partial charge is 0.394 e. The van der Waals surface area contributed by atoms with Gasteiger partial charge in [-0.2, -0.15) is 0 Å².